The van der Waals surface area contributed by atoms with Crippen LogP contribution in [-0.2, 0) is 10.2 Å². The third-order valence-corrected chi connectivity index (χ3v) is 5.61. The molecule has 1 aliphatic heterocycles. The van der Waals surface area contributed by atoms with E-state index in [-0.39, 0.29) is 0 Å². The largest absolute Gasteiger partial charge is 0.281 e. The van der Waals surface area contributed by atoms with Gasteiger partial charge in [0.2, 0.25) is 0 Å². The van der Waals surface area contributed by atoms with Crippen molar-refractivity contribution in [3.63, 3.8) is 0 Å². The molecule has 1 rings (SSSR count). The van der Waals surface area contributed by atoms with E-state index in [2.05, 4.69) is 6.92 Å². The quantitative estimate of drug-likeness (QED) is 0.699. The molecule has 0 aromatic heterocycles. The molecule has 0 aliphatic carbocycles. The van der Waals surface area contributed by atoms with Crippen LogP contribution in [0, 0.1) is 5.92 Å². The molecule has 1 unspecified atom stereocenters. The van der Waals surface area contributed by atoms with Gasteiger partial charge in [0.15, 0.2) is 0 Å². The first kappa shape index (κ1) is 15.2. The van der Waals surface area contributed by atoms with Crippen LogP contribution in [0.15, 0.2) is 0 Å². The van der Waals surface area contributed by atoms with E-state index in [1.54, 1.807) is 11.4 Å². The predicted molar refractivity (Wildman–Crippen MR) is 71.5 cm³/mol. The lowest BCUT2D eigenvalue weighted by molar-refractivity contribution is 0.247. The third-order valence-electron chi connectivity index (χ3n) is 3.39. The van der Waals surface area contributed by atoms with Gasteiger partial charge in [-0.15, -0.1) is 11.6 Å². The SMILES string of the molecule is CCC1CCCN(S(=O)(=O)N(C)CCCCl)C1. The molecule has 1 saturated heterocycles. The first-order valence-electron chi connectivity index (χ1n) is 6.29. The van der Waals surface area contributed by atoms with Gasteiger partial charge in [-0.25, -0.2) is 0 Å². The average Bonchev–Trinajstić information content (AvgIpc) is 2.35. The smallest absolute Gasteiger partial charge is 0.195 e. The van der Waals surface area contributed by atoms with Gasteiger partial charge in [0.25, 0.3) is 10.2 Å². The Morgan fingerprint density at radius 1 is 1.47 bits per heavy atom. The van der Waals surface area contributed by atoms with Gasteiger partial charge >= 0.3 is 0 Å². The minimum absolute atomic E-state index is 0.497. The molecule has 1 aliphatic rings. The van der Waals surface area contributed by atoms with Crippen molar-refractivity contribution < 1.29 is 8.42 Å². The van der Waals surface area contributed by atoms with Crippen LogP contribution in [0.4, 0.5) is 0 Å². The highest BCUT2D eigenvalue weighted by Gasteiger charge is 2.30. The molecule has 0 bridgehead atoms. The maximum atomic E-state index is 12.3. The number of hydrogen-bond acceptors (Lipinski definition) is 2. The fourth-order valence-corrected chi connectivity index (χ4v) is 3.80. The van der Waals surface area contributed by atoms with Crippen molar-refractivity contribution in [3.8, 4) is 0 Å². The van der Waals surface area contributed by atoms with Gasteiger partial charge in [-0.05, 0) is 25.2 Å². The summed E-state index contributed by atoms with van der Waals surface area (Å²) in [4.78, 5) is 0. The van der Waals surface area contributed by atoms with Gasteiger partial charge in [0, 0.05) is 32.6 Å². The zero-order valence-electron chi connectivity index (χ0n) is 10.7. The third kappa shape index (κ3) is 4.09. The van der Waals surface area contributed by atoms with Crippen LogP contribution in [0.2, 0.25) is 0 Å². The van der Waals surface area contributed by atoms with Crippen molar-refractivity contribution in [1.82, 2.24) is 8.61 Å². The highest BCUT2D eigenvalue weighted by molar-refractivity contribution is 7.86. The van der Waals surface area contributed by atoms with Crippen molar-refractivity contribution in [1.29, 1.82) is 0 Å². The second kappa shape index (κ2) is 6.92. The fourth-order valence-electron chi connectivity index (χ4n) is 2.16. The van der Waals surface area contributed by atoms with Crippen LogP contribution in [0.1, 0.15) is 32.6 Å². The maximum absolute atomic E-state index is 12.3. The van der Waals surface area contributed by atoms with Crippen molar-refractivity contribution in [2.45, 2.75) is 32.6 Å². The summed E-state index contributed by atoms with van der Waals surface area (Å²) in [6.07, 6.45) is 3.87. The van der Waals surface area contributed by atoms with Crippen LogP contribution in [0.5, 0.6) is 0 Å². The highest BCUT2D eigenvalue weighted by Crippen LogP contribution is 2.22. The summed E-state index contributed by atoms with van der Waals surface area (Å²) < 4.78 is 27.6. The Balaban J connectivity index is 2.62. The van der Waals surface area contributed by atoms with E-state index in [0.717, 1.165) is 19.3 Å². The molecule has 4 nitrogen and oxygen atoms in total. The molecule has 0 aromatic carbocycles. The lowest BCUT2D eigenvalue weighted by Crippen LogP contribution is -2.46. The Morgan fingerprint density at radius 3 is 2.76 bits per heavy atom. The van der Waals surface area contributed by atoms with Gasteiger partial charge < -0.3 is 0 Å². The normalized spacial score (nSPS) is 23.2. The predicted octanol–water partition coefficient (Wildman–Crippen LogP) is 1.91. The lowest BCUT2D eigenvalue weighted by Gasteiger charge is -2.34. The highest BCUT2D eigenvalue weighted by atomic mass is 35.5. The molecule has 0 saturated carbocycles. The summed E-state index contributed by atoms with van der Waals surface area (Å²) in [5.41, 5.74) is 0. The molecular formula is C11H23ClN2O2S. The molecule has 0 N–H and O–H groups in total. The number of rotatable bonds is 6. The molecule has 0 radical (unpaired) electrons. The average molecular weight is 283 g/mol. The molecule has 17 heavy (non-hydrogen) atoms. The van der Waals surface area contributed by atoms with E-state index >= 15 is 0 Å². The van der Waals surface area contributed by atoms with E-state index in [4.69, 9.17) is 11.6 Å². The molecule has 1 heterocycles. The van der Waals surface area contributed by atoms with Gasteiger partial charge in [-0.2, -0.15) is 17.0 Å². The van der Waals surface area contributed by atoms with E-state index in [1.807, 2.05) is 0 Å². The zero-order chi connectivity index (χ0) is 12.9. The van der Waals surface area contributed by atoms with E-state index in [9.17, 15) is 8.42 Å². The lowest BCUT2D eigenvalue weighted by atomic mass is 9.97. The molecule has 0 amide bonds. The van der Waals surface area contributed by atoms with Crippen LogP contribution < -0.4 is 0 Å². The molecule has 1 fully saturated rings. The monoisotopic (exact) mass is 282 g/mol. The summed E-state index contributed by atoms with van der Waals surface area (Å²) in [5.74, 6) is 1.01. The summed E-state index contributed by atoms with van der Waals surface area (Å²) >= 11 is 5.59. The van der Waals surface area contributed by atoms with Gasteiger partial charge in [-0.1, -0.05) is 13.3 Å². The van der Waals surface area contributed by atoms with E-state index in [1.165, 1.54) is 4.31 Å². The van der Waals surface area contributed by atoms with Gasteiger partial charge in [0.1, 0.15) is 0 Å². The number of piperidine rings is 1. The van der Waals surface area contributed by atoms with Crippen LogP contribution in [0.25, 0.3) is 0 Å². The van der Waals surface area contributed by atoms with Crippen molar-refractivity contribution in [2.24, 2.45) is 5.92 Å². The van der Waals surface area contributed by atoms with Crippen LogP contribution in [0.3, 0.4) is 0 Å². The number of alkyl halides is 1. The zero-order valence-corrected chi connectivity index (χ0v) is 12.3. The fraction of sp³-hybridized carbons (Fsp3) is 1.00. The summed E-state index contributed by atoms with van der Waals surface area (Å²) in [6, 6.07) is 0. The van der Waals surface area contributed by atoms with Gasteiger partial charge in [-0.3, -0.25) is 0 Å². The Morgan fingerprint density at radius 2 is 2.18 bits per heavy atom. The molecular weight excluding hydrogens is 260 g/mol. The molecule has 6 heteroatoms. The first-order chi connectivity index (χ1) is 8.02. The number of nitrogens with zero attached hydrogens (tertiary/aromatic N) is 2. The van der Waals surface area contributed by atoms with Crippen molar-refractivity contribution in [3.05, 3.63) is 0 Å². The summed E-state index contributed by atoms with van der Waals surface area (Å²) in [5, 5.41) is 0. The van der Waals surface area contributed by atoms with Crippen molar-refractivity contribution in [2.75, 3.05) is 32.6 Å². The van der Waals surface area contributed by atoms with E-state index in [0.29, 0.717) is 37.9 Å². The second-order valence-electron chi connectivity index (χ2n) is 4.65. The Kier molecular flexibility index (Phi) is 6.20. The Labute approximate surface area is 110 Å². The van der Waals surface area contributed by atoms with Crippen molar-refractivity contribution >= 4 is 21.8 Å². The number of hydrogen-bond donors (Lipinski definition) is 0. The summed E-state index contributed by atoms with van der Waals surface area (Å²) in [6.45, 7) is 3.95. The van der Waals surface area contributed by atoms with Crippen LogP contribution in [-0.4, -0.2) is 49.6 Å². The van der Waals surface area contributed by atoms with Crippen LogP contribution >= 0.6 is 11.6 Å². The minimum Gasteiger partial charge on any atom is -0.195 e. The molecule has 102 valence electrons. The Hall–Kier alpha value is 0.160. The molecule has 0 aromatic rings. The minimum atomic E-state index is -3.27. The topological polar surface area (TPSA) is 40.6 Å². The molecule has 0 spiro atoms. The first-order valence-corrected chi connectivity index (χ1v) is 8.22. The maximum Gasteiger partial charge on any atom is 0.281 e. The van der Waals surface area contributed by atoms with E-state index < -0.39 is 10.2 Å². The second-order valence-corrected chi connectivity index (χ2v) is 7.06. The Bertz CT molecular complexity index is 321. The standard InChI is InChI=1S/C11H23ClN2O2S/c1-3-11-6-4-9-14(10-11)17(15,16)13(2)8-5-7-12/h11H,3-10H2,1-2H3. The summed E-state index contributed by atoms with van der Waals surface area (Å²) in [7, 11) is -1.63. The number of halogens is 1. The van der Waals surface area contributed by atoms with Gasteiger partial charge in [0.05, 0.1) is 0 Å². The molecule has 1 atom stereocenters.